The first-order valence-electron chi connectivity index (χ1n) is 8.33. The highest BCUT2D eigenvalue weighted by Crippen LogP contribution is 2.43. The maximum Gasteiger partial charge on any atom is 0.174 e. The number of hydrogen-bond acceptors (Lipinski definition) is 5. The van der Waals surface area contributed by atoms with Gasteiger partial charge >= 0.3 is 0 Å². The summed E-state index contributed by atoms with van der Waals surface area (Å²) in [5.41, 5.74) is 1.15. The molecule has 1 heterocycles. The lowest BCUT2D eigenvalue weighted by Crippen LogP contribution is -2.27. The molecule has 26 heavy (non-hydrogen) atoms. The predicted molar refractivity (Wildman–Crippen MR) is 99.4 cm³/mol. The normalized spacial score (nSPS) is 14.3. The first-order valence-corrected chi connectivity index (χ1v) is 8.33. The molecular formula is C21H22O5. The van der Waals surface area contributed by atoms with Crippen molar-refractivity contribution in [1.82, 2.24) is 0 Å². The van der Waals surface area contributed by atoms with E-state index in [2.05, 4.69) is 0 Å². The van der Waals surface area contributed by atoms with Gasteiger partial charge in [-0.2, -0.15) is 0 Å². The molecule has 5 nitrogen and oxygen atoms in total. The summed E-state index contributed by atoms with van der Waals surface area (Å²) in [6, 6.07) is 8.72. The highest BCUT2D eigenvalue weighted by Gasteiger charge is 2.29. The molecule has 0 aliphatic carbocycles. The first kappa shape index (κ1) is 17.9. The Morgan fingerprint density at radius 1 is 1.15 bits per heavy atom. The zero-order valence-electron chi connectivity index (χ0n) is 15.3. The van der Waals surface area contributed by atoms with Crippen LogP contribution in [0, 0.1) is 0 Å². The molecule has 1 N–H and O–H groups in total. The van der Waals surface area contributed by atoms with Crippen LogP contribution in [0.3, 0.4) is 0 Å². The number of ether oxygens (including phenoxy) is 3. The molecule has 0 atom stereocenters. The summed E-state index contributed by atoms with van der Waals surface area (Å²) < 4.78 is 16.5. The van der Waals surface area contributed by atoms with Crippen LogP contribution in [0.25, 0.3) is 6.08 Å². The quantitative estimate of drug-likeness (QED) is 0.822. The lowest BCUT2D eigenvalue weighted by molar-refractivity contribution is 0.0987. The molecule has 0 saturated carbocycles. The number of rotatable bonds is 5. The van der Waals surface area contributed by atoms with Crippen molar-refractivity contribution >= 4 is 11.9 Å². The van der Waals surface area contributed by atoms with Crippen molar-refractivity contribution in [3.63, 3.8) is 0 Å². The average molecular weight is 354 g/mol. The van der Waals surface area contributed by atoms with Crippen LogP contribution in [0.5, 0.6) is 23.0 Å². The van der Waals surface area contributed by atoms with Gasteiger partial charge in [0.1, 0.15) is 34.2 Å². The Bertz CT molecular complexity index is 863. The lowest BCUT2D eigenvalue weighted by atomic mass is 9.95. The maximum absolute atomic E-state index is 12.8. The summed E-state index contributed by atoms with van der Waals surface area (Å²) in [7, 11) is 3.07. The second kappa shape index (κ2) is 6.75. The van der Waals surface area contributed by atoms with Crippen LogP contribution in [-0.2, 0) is 6.42 Å². The van der Waals surface area contributed by atoms with Gasteiger partial charge in [0.25, 0.3) is 0 Å². The number of benzene rings is 2. The SMILES string of the molecule is COc1ccc(CC(=O)c2c(O)cc3c(c2OC)C=CC(C)(C)O3)cc1. The molecule has 0 spiro atoms. The zero-order chi connectivity index (χ0) is 18.9. The standard InChI is InChI=1S/C21H22O5/c1-21(2)10-9-15-18(26-21)12-17(23)19(20(15)25-4)16(22)11-13-5-7-14(24-3)8-6-13/h5-10,12,23H,11H2,1-4H3. The molecule has 136 valence electrons. The second-order valence-corrected chi connectivity index (χ2v) is 6.70. The molecule has 0 fully saturated rings. The number of phenols is 1. The van der Waals surface area contributed by atoms with Gasteiger partial charge in [0.2, 0.25) is 0 Å². The fraction of sp³-hybridized carbons (Fsp3) is 0.286. The van der Waals surface area contributed by atoms with Gasteiger partial charge < -0.3 is 19.3 Å². The smallest absolute Gasteiger partial charge is 0.174 e. The number of Topliss-reactive ketones (excluding diaryl/α,β-unsaturated/α-hetero) is 1. The van der Waals surface area contributed by atoms with E-state index in [1.807, 2.05) is 38.1 Å². The summed E-state index contributed by atoms with van der Waals surface area (Å²) in [6.45, 7) is 3.83. The fourth-order valence-corrected chi connectivity index (χ4v) is 2.98. The molecule has 2 aromatic carbocycles. The minimum absolute atomic E-state index is 0.142. The Morgan fingerprint density at radius 2 is 1.85 bits per heavy atom. The summed E-state index contributed by atoms with van der Waals surface area (Å²) in [4.78, 5) is 12.8. The van der Waals surface area contributed by atoms with Crippen LogP contribution >= 0.6 is 0 Å². The summed E-state index contributed by atoms with van der Waals surface area (Å²) in [5, 5.41) is 10.5. The van der Waals surface area contributed by atoms with Gasteiger partial charge in [-0.1, -0.05) is 12.1 Å². The molecule has 0 aromatic heterocycles. The van der Waals surface area contributed by atoms with Gasteiger partial charge in [0.05, 0.1) is 19.8 Å². The lowest BCUT2D eigenvalue weighted by Gasteiger charge is -2.29. The van der Waals surface area contributed by atoms with Gasteiger partial charge in [-0.25, -0.2) is 0 Å². The van der Waals surface area contributed by atoms with E-state index in [1.54, 1.807) is 19.2 Å². The molecule has 5 heteroatoms. The van der Waals surface area contributed by atoms with E-state index in [0.29, 0.717) is 17.1 Å². The van der Waals surface area contributed by atoms with Crippen molar-refractivity contribution in [2.45, 2.75) is 25.9 Å². The Labute approximate surface area is 152 Å². The minimum Gasteiger partial charge on any atom is -0.507 e. The van der Waals surface area contributed by atoms with Gasteiger partial charge in [-0.3, -0.25) is 4.79 Å². The van der Waals surface area contributed by atoms with Crippen LogP contribution in [0.4, 0.5) is 0 Å². The van der Waals surface area contributed by atoms with Gasteiger partial charge in [-0.05, 0) is 43.7 Å². The third-order valence-corrected chi connectivity index (χ3v) is 4.29. The van der Waals surface area contributed by atoms with Crippen molar-refractivity contribution in [3.05, 3.63) is 53.1 Å². The number of methoxy groups -OCH3 is 2. The van der Waals surface area contributed by atoms with Crippen molar-refractivity contribution in [1.29, 1.82) is 0 Å². The molecule has 3 rings (SSSR count). The van der Waals surface area contributed by atoms with Crippen LogP contribution in [-0.4, -0.2) is 30.7 Å². The Hall–Kier alpha value is -2.95. The summed E-state index contributed by atoms with van der Waals surface area (Å²) in [5.74, 6) is 1.16. The number of aromatic hydroxyl groups is 1. The number of carbonyl (C=O) groups is 1. The Morgan fingerprint density at radius 3 is 2.46 bits per heavy atom. The zero-order valence-corrected chi connectivity index (χ0v) is 15.3. The average Bonchev–Trinajstić information content (AvgIpc) is 2.60. The van der Waals surface area contributed by atoms with Crippen molar-refractivity contribution in [3.8, 4) is 23.0 Å². The Balaban J connectivity index is 1.97. The molecule has 0 radical (unpaired) electrons. The topological polar surface area (TPSA) is 65.0 Å². The second-order valence-electron chi connectivity index (χ2n) is 6.70. The van der Waals surface area contributed by atoms with Crippen LogP contribution in [0.1, 0.15) is 35.3 Å². The summed E-state index contributed by atoms with van der Waals surface area (Å²) >= 11 is 0. The van der Waals surface area contributed by atoms with E-state index in [0.717, 1.165) is 11.3 Å². The molecule has 0 unspecified atom stereocenters. The molecular weight excluding hydrogens is 332 g/mol. The number of ketones is 1. The van der Waals surface area contributed by atoms with E-state index in [4.69, 9.17) is 14.2 Å². The van der Waals surface area contributed by atoms with E-state index in [-0.39, 0.29) is 23.5 Å². The van der Waals surface area contributed by atoms with Crippen molar-refractivity contribution < 1.29 is 24.1 Å². The van der Waals surface area contributed by atoms with E-state index in [1.165, 1.54) is 13.2 Å². The molecule has 1 aliphatic heterocycles. The van der Waals surface area contributed by atoms with Crippen LogP contribution < -0.4 is 14.2 Å². The molecule has 1 aliphatic rings. The highest BCUT2D eigenvalue weighted by molar-refractivity contribution is 6.04. The third-order valence-electron chi connectivity index (χ3n) is 4.29. The van der Waals surface area contributed by atoms with E-state index >= 15 is 0 Å². The maximum atomic E-state index is 12.8. The molecule has 2 aromatic rings. The number of phenolic OH excluding ortho intramolecular Hbond substituents is 1. The largest absolute Gasteiger partial charge is 0.507 e. The van der Waals surface area contributed by atoms with Gasteiger partial charge in [-0.15, -0.1) is 0 Å². The van der Waals surface area contributed by atoms with Crippen molar-refractivity contribution in [2.24, 2.45) is 0 Å². The molecule has 0 saturated heterocycles. The minimum atomic E-state index is -0.487. The number of hydrogen-bond donors (Lipinski definition) is 1. The van der Waals surface area contributed by atoms with E-state index in [9.17, 15) is 9.90 Å². The predicted octanol–water partition coefficient (Wildman–Crippen LogP) is 4.02. The molecule has 0 amide bonds. The molecule has 0 bridgehead atoms. The number of carbonyl (C=O) groups excluding carboxylic acids is 1. The van der Waals surface area contributed by atoms with E-state index < -0.39 is 5.60 Å². The van der Waals surface area contributed by atoms with Crippen LogP contribution in [0.15, 0.2) is 36.4 Å². The Kier molecular flexibility index (Phi) is 4.64. The van der Waals surface area contributed by atoms with Gasteiger partial charge in [0, 0.05) is 12.5 Å². The first-order chi connectivity index (χ1) is 12.3. The summed E-state index contributed by atoms with van der Waals surface area (Å²) in [6.07, 6.45) is 3.90. The monoisotopic (exact) mass is 354 g/mol. The third kappa shape index (κ3) is 3.38. The van der Waals surface area contributed by atoms with Crippen LogP contribution in [0.2, 0.25) is 0 Å². The number of fused-ring (bicyclic) bond motifs is 1. The van der Waals surface area contributed by atoms with Crippen molar-refractivity contribution in [2.75, 3.05) is 14.2 Å². The fourth-order valence-electron chi connectivity index (χ4n) is 2.98. The highest BCUT2D eigenvalue weighted by atomic mass is 16.5. The van der Waals surface area contributed by atoms with Gasteiger partial charge in [0.15, 0.2) is 5.78 Å².